The number of carbonyl (C=O) groups is 1. The maximum Gasteiger partial charge on any atom is 0.421 e. The van der Waals surface area contributed by atoms with Crippen LogP contribution in [0.2, 0.25) is 0 Å². The van der Waals surface area contributed by atoms with Gasteiger partial charge in [0, 0.05) is 13.2 Å². The van der Waals surface area contributed by atoms with Crippen LogP contribution >= 0.6 is 0 Å². The van der Waals surface area contributed by atoms with Crippen molar-refractivity contribution in [2.45, 2.75) is 26.2 Å². The molecule has 0 saturated carbocycles. The number of aliphatic hydroxyl groups excluding tert-OH is 1. The lowest BCUT2D eigenvalue weighted by atomic mass is 10.2. The van der Waals surface area contributed by atoms with Gasteiger partial charge in [-0.1, -0.05) is 0 Å². The van der Waals surface area contributed by atoms with Gasteiger partial charge in [-0.05, 0) is 26.2 Å². The Morgan fingerprint density at radius 3 is 2.56 bits per heavy atom. The van der Waals surface area contributed by atoms with Crippen molar-refractivity contribution in [1.82, 2.24) is 9.44 Å². The van der Waals surface area contributed by atoms with Crippen LogP contribution in [0, 0.1) is 0 Å². The Morgan fingerprint density at radius 1 is 1.31 bits per heavy atom. The molecule has 0 aromatic heterocycles. The first-order valence-corrected chi connectivity index (χ1v) is 6.55. The molecule has 0 aromatic rings. The molecule has 96 valence electrons. The quantitative estimate of drug-likeness (QED) is 0.517. The summed E-state index contributed by atoms with van der Waals surface area (Å²) in [7, 11) is -3.83. The fourth-order valence-electron chi connectivity index (χ4n) is 0.926. The van der Waals surface area contributed by atoms with Gasteiger partial charge in [0.25, 0.3) is 0 Å². The molecule has 0 rings (SSSR count). The zero-order chi connectivity index (χ0) is 12.4. The molecule has 0 bridgehead atoms. The number of hydrogen-bond acceptors (Lipinski definition) is 5. The van der Waals surface area contributed by atoms with Crippen molar-refractivity contribution in [3.8, 4) is 0 Å². The minimum atomic E-state index is -3.83. The summed E-state index contributed by atoms with van der Waals surface area (Å²) in [6.45, 7) is 1.99. The smallest absolute Gasteiger partial charge is 0.421 e. The van der Waals surface area contributed by atoms with E-state index in [-0.39, 0.29) is 19.8 Å². The molecule has 3 N–H and O–H groups in total. The van der Waals surface area contributed by atoms with Crippen molar-refractivity contribution in [1.29, 1.82) is 0 Å². The molecule has 0 atom stereocenters. The summed E-state index contributed by atoms with van der Waals surface area (Å²) in [6, 6.07) is 0. The third kappa shape index (κ3) is 8.45. The van der Waals surface area contributed by atoms with Crippen LogP contribution in [0.3, 0.4) is 0 Å². The predicted octanol–water partition coefficient (Wildman–Crippen LogP) is -0.270. The Hall–Kier alpha value is -0.860. The molecule has 0 radical (unpaired) electrons. The first kappa shape index (κ1) is 15.1. The Morgan fingerprint density at radius 2 is 2.00 bits per heavy atom. The molecule has 8 heteroatoms. The van der Waals surface area contributed by atoms with Crippen LogP contribution in [0.1, 0.15) is 26.2 Å². The van der Waals surface area contributed by atoms with Gasteiger partial charge < -0.3 is 9.84 Å². The number of carbonyl (C=O) groups excluding carboxylic acids is 1. The summed E-state index contributed by atoms with van der Waals surface area (Å²) in [4.78, 5) is 10.8. The van der Waals surface area contributed by atoms with E-state index in [0.29, 0.717) is 12.8 Å². The van der Waals surface area contributed by atoms with Gasteiger partial charge in [0.2, 0.25) is 0 Å². The number of ether oxygens (including phenoxy) is 1. The third-order valence-corrected chi connectivity index (χ3v) is 2.64. The number of amides is 1. The Labute approximate surface area is 95.4 Å². The minimum Gasteiger partial charge on any atom is -0.449 e. The molecule has 0 unspecified atom stereocenters. The van der Waals surface area contributed by atoms with Crippen LogP contribution in [0.25, 0.3) is 0 Å². The molecule has 0 spiro atoms. The van der Waals surface area contributed by atoms with Crippen LogP contribution < -0.4 is 9.44 Å². The lowest BCUT2D eigenvalue weighted by molar-refractivity contribution is 0.158. The molecule has 0 saturated heterocycles. The zero-order valence-electron chi connectivity index (χ0n) is 9.23. The van der Waals surface area contributed by atoms with E-state index in [1.165, 1.54) is 0 Å². The average Bonchev–Trinajstić information content (AvgIpc) is 2.16. The standard InChI is InChI=1S/C8H18N2O5S/c1-2-15-8(12)10-16(13,14)9-6-4-3-5-7-11/h9,11H,2-7H2,1H3,(H,10,12). The first-order chi connectivity index (χ1) is 7.52. The van der Waals surface area contributed by atoms with Crippen molar-refractivity contribution in [3.05, 3.63) is 0 Å². The van der Waals surface area contributed by atoms with Gasteiger partial charge in [0.05, 0.1) is 6.61 Å². The van der Waals surface area contributed by atoms with Gasteiger partial charge in [-0.25, -0.2) is 9.52 Å². The van der Waals surface area contributed by atoms with Crippen molar-refractivity contribution in [3.63, 3.8) is 0 Å². The number of aliphatic hydroxyl groups is 1. The maximum absolute atomic E-state index is 11.2. The summed E-state index contributed by atoms with van der Waals surface area (Å²) in [5.41, 5.74) is 0. The molecule has 7 nitrogen and oxygen atoms in total. The first-order valence-electron chi connectivity index (χ1n) is 5.07. The Kier molecular flexibility index (Phi) is 7.86. The topological polar surface area (TPSA) is 105 Å². The van der Waals surface area contributed by atoms with Gasteiger partial charge in [-0.15, -0.1) is 0 Å². The van der Waals surface area contributed by atoms with Gasteiger partial charge in [-0.3, -0.25) is 0 Å². The monoisotopic (exact) mass is 254 g/mol. The summed E-state index contributed by atoms with van der Waals surface area (Å²) in [5.74, 6) is 0. The van der Waals surface area contributed by atoms with Crippen LogP contribution in [-0.4, -0.2) is 39.4 Å². The summed E-state index contributed by atoms with van der Waals surface area (Å²) < 4.78 is 30.7. The Balaban J connectivity index is 3.74. The number of hydrogen-bond donors (Lipinski definition) is 3. The molecule has 0 aliphatic heterocycles. The molecule has 0 fully saturated rings. The fourth-order valence-corrected chi connectivity index (χ4v) is 1.69. The highest BCUT2D eigenvalue weighted by molar-refractivity contribution is 7.88. The molecule has 0 aliphatic carbocycles. The van der Waals surface area contributed by atoms with E-state index < -0.39 is 16.3 Å². The van der Waals surface area contributed by atoms with Gasteiger partial charge in [0.1, 0.15) is 0 Å². The third-order valence-electron chi connectivity index (χ3n) is 1.62. The van der Waals surface area contributed by atoms with E-state index in [9.17, 15) is 13.2 Å². The summed E-state index contributed by atoms with van der Waals surface area (Å²) >= 11 is 0. The second kappa shape index (κ2) is 8.31. The molecule has 0 aromatic carbocycles. The predicted molar refractivity (Wildman–Crippen MR) is 58.0 cm³/mol. The number of rotatable bonds is 8. The molecular weight excluding hydrogens is 236 g/mol. The van der Waals surface area contributed by atoms with Gasteiger partial charge >= 0.3 is 16.3 Å². The van der Waals surface area contributed by atoms with Crippen LogP contribution in [0.4, 0.5) is 4.79 Å². The lowest BCUT2D eigenvalue weighted by Gasteiger charge is -2.07. The van der Waals surface area contributed by atoms with Gasteiger partial charge in [0.15, 0.2) is 0 Å². The van der Waals surface area contributed by atoms with Crippen LogP contribution in [0.15, 0.2) is 0 Å². The molecule has 16 heavy (non-hydrogen) atoms. The van der Waals surface area contributed by atoms with E-state index in [1.54, 1.807) is 11.6 Å². The lowest BCUT2D eigenvalue weighted by Crippen LogP contribution is -2.40. The largest absolute Gasteiger partial charge is 0.449 e. The average molecular weight is 254 g/mol. The van der Waals surface area contributed by atoms with E-state index in [1.807, 2.05) is 0 Å². The SMILES string of the molecule is CCOC(=O)NS(=O)(=O)NCCCCCO. The number of unbranched alkanes of at least 4 members (excludes halogenated alkanes) is 2. The van der Waals surface area contributed by atoms with Gasteiger partial charge in [-0.2, -0.15) is 13.1 Å². The normalized spacial score (nSPS) is 11.1. The van der Waals surface area contributed by atoms with Crippen molar-refractivity contribution in [2.24, 2.45) is 0 Å². The van der Waals surface area contributed by atoms with E-state index in [0.717, 1.165) is 6.42 Å². The van der Waals surface area contributed by atoms with E-state index in [2.05, 4.69) is 9.46 Å². The van der Waals surface area contributed by atoms with Crippen molar-refractivity contribution < 1.29 is 23.1 Å². The van der Waals surface area contributed by atoms with E-state index in [4.69, 9.17) is 5.11 Å². The highest BCUT2D eigenvalue weighted by atomic mass is 32.2. The number of nitrogens with one attached hydrogen (secondary N) is 2. The second-order valence-electron chi connectivity index (χ2n) is 3.00. The maximum atomic E-state index is 11.2. The molecular formula is C8H18N2O5S. The molecule has 1 amide bonds. The second-order valence-corrected chi connectivity index (χ2v) is 4.50. The molecule has 0 heterocycles. The summed E-state index contributed by atoms with van der Waals surface area (Å²) in [6.07, 6.45) is 0.959. The van der Waals surface area contributed by atoms with Crippen LogP contribution in [0.5, 0.6) is 0 Å². The van der Waals surface area contributed by atoms with E-state index >= 15 is 0 Å². The van der Waals surface area contributed by atoms with Crippen molar-refractivity contribution >= 4 is 16.3 Å². The Bertz CT molecular complexity index is 291. The summed E-state index contributed by atoms with van der Waals surface area (Å²) in [5, 5.41) is 8.49. The minimum absolute atomic E-state index is 0.0911. The van der Waals surface area contributed by atoms with Crippen molar-refractivity contribution in [2.75, 3.05) is 19.8 Å². The van der Waals surface area contributed by atoms with Crippen LogP contribution in [-0.2, 0) is 14.9 Å². The highest BCUT2D eigenvalue weighted by Gasteiger charge is 2.13. The highest BCUT2D eigenvalue weighted by Crippen LogP contribution is 1.92. The molecule has 0 aliphatic rings. The fraction of sp³-hybridized carbons (Fsp3) is 0.875. The zero-order valence-corrected chi connectivity index (χ0v) is 10.0.